The predicted molar refractivity (Wildman–Crippen MR) is 149 cm³/mol. The van der Waals surface area contributed by atoms with Gasteiger partial charge in [0.05, 0.1) is 23.7 Å². The molecule has 3 atom stereocenters. The Morgan fingerprint density at radius 2 is 2.18 bits per heavy atom. The number of hydrogen-bond donors (Lipinski definition) is 2. The van der Waals surface area contributed by atoms with Gasteiger partial charge in [-0.15, -0.1) is 4.68 Å². The third kappa shape index (κ3) is 4.74. The van der Waals surface area contributed by atoms with Gasteiger partial charge in [0.25, 0.3) is 5.91 Å². The monoisotopic (exact) mass is 528 g/mol. The van der Waals surface area contributed by atoms with Crippen molar-refractivity contribution in [3.8, 4) is 11.8 Å². The van der Waals surface area contributed by atoms with Crippen LogP contribution in [-0.4, -0.2) is 76.4 Å². The number of fused-ring (bicyclic) bond motifs is 3. The van der Waals surface area contributed by atoms with E-state index in [1.54, 1.807) is 23.7 Å². The minimum atomic E-state index is -0.623. The molecule has 0 saturated carbocycles. The Hall–Kier alpha value is -4.23. The molecule has 4 heterocycles. The van der Waals surface area contributed by atoms with Crippen molar-refractivity contribution in [2.75, 3.05) is 27.3 Å². The lowest BCUT2D eigenvalue weighted by atomic mass is 10.1. The molecule has 202 valence electrons. The van der Waals surface area contributed by atoms with Crippen molar-refractivity contribution in [2.45, 2.75) is 45.2 Å². The lowest BCUT2D eigenvalue weighted by Crippen LogP contribution is -2.37. The number of allylic oxidation sites excluding steroid dienone is 1. The Morgan fingerprint density at radius 3 is 2.87 bits per heavy atom. The van der Waals surface area contributed by atoms with Gasteiger partial charge in [-0.2, -0.15) is 0 Å². The van der Waals surface area contributed by atoms with Gasteiger partial charge in [-0.25, -0.2) is 10.4 Å². The number of aliphatic imine (C=N–C) groups is 1. The average molecular weight is 529 g/mol. The molecule has 10 nitrogen and oxygen atoms in total. The Bertz CT molecular complexity index is 1540. The lowest BCUT2D eigenvalue weighted by molar-refractivity contribution is -0.456. The van der Waals surface area contributed by atoms with Crippen molar-refractivity contribution < 1.29 is 19.0 Å². The first-order valence-electron chi connectivity index (χ1n) is 13.1. The van der Waals surface area contributed by atoms with E-state index in [1.165, 1.54) is 6.08 Å². The van der Waals surface area contributed by atoms with Crippen molar-refractivity contribution in [3.63, 3.8) is 0 Å². The largest absolute Gasteiger partial charge is 0.383 e. The van der Waals surface area contributed by atoms with Crippen molar-refractivity contribution in [2.24, 2.45) is 16.6 Å². The number of nitrogens with zero attached hydrogens (tertiary/aromatic N) is 5. The maximum Gasteiger partial charge on any atom is 0.356 e. The molecule has 1 saturated heterocycles. The van der Waals surface area contributed by atoms with Crippen LogP contribution in [0.25, 0.3) is 11.0 Å². The maximum atomic E-state index is 12.5. The maximum absolute atomic E-state index is 12.5. The van der Waals surface area contributed by atoms with E-state index < -0.39 is 5.91 Å². The Balaban J connectivity index is 1.45. The Labute approximate surface area is 227 Å². The zero-order valence-corrected chi connectivity index (χ0v) is 22.8. The van der Waals surface area contributed by atoms with Crippen LogP contribution in [0.15, 0.2) is 41.1 Å². The normalized spacial score (nSPS) is 24.3. The molecule has 0 radical (unpaired) electrons. The van der Waals surface area contributed by atoms with Crippen LogP contribution in [0.2, 0.25) is 0 Å². The first-order valence-corrected chi connectivity index (χ1v) is 13.1. The number of rotatable bonds is 5. The number of aryl methyl sites for hydroxylation is 2. The number of primary amides is 1. The van der Waals surface area contributed by atoms with Gasteiger partial charge in [0, 0.05) is 37.6 Å². The van der Waals surface area contributed by atoms with Crippen LogP contribution >= 0.6 is 0 Å². The number of benzene rings is 1. The minimum Gasteiger partial charge on any atom is -0.383 e. The topological polar surface area (TPSA) is 118 Å². The first-order chi connectivity index (χ1) is 18.7. The third-order valence-electron chi connectivity index (χ3n) is 7.67. The van der Waals surface area contributed by atoms with Crippen molar-refractivity contribution in [1.82, 2.24) is 19.9 Å². The molecule has 0 aliphatic carbocycles. The summed E-state index contributed by atoms with van der Waals surface area (Å²) in [6.07, 6.45) is 6.02. The number of imidazole rings is 1. The molecule has 3 aliphatic heterocycles. The fourth-order valence-corrected chi connectivity index (χ4v) is 5.82. The molecular formula is C29H34N7O3+. The van der Waals surface area contributed by atoms with Crippen molar-refractivity contribution in [1.29, 1.82) is 0 Å². The molecule has 0 spiro atoms. The number of aromatic nitrogens is 2. The van der Waals surface area contributed by atoms with Gasteiger partial charge < -0.3 is 19.9 Å². The summed E-state index contributed by atoms with van der Waals surface area (Å²) in [6, 6.07) is 4.51. The van der Waals surface area contributed by atoms with Crippen LogP contribution in [0.5, 0.6) is 0 Å². The number of nitrogens with one attached hydrogen (secondary N) is 1. The summed E-state index contributed by atoms with van der Waals surface area (Å²) in [6.45, 7) is 8.78. The molecule has 2 aromatic rings. The van der Waals surface area contributed by atoms with E-state index in [9.17, 15) is 9.59 Å². The number of hydrazine groups is 1. The molecule has 0 bridgehead atoms. The Kier molecular flexibility index (Phi) is 7.10. The summed E-state index contributed by atoms with van der Waals surface area (Å²) >= 11 is 0. The van der Waals surface area contributed by atoms with Crippen molar-refractivity contribution >= 4 is 34.9 Å². The van der Waals surface area contributed by atoms with Gasteiger partial charge in [-0.1, -0.05) is 17.5 Å². The van der Waals surface area contributed by atoms with E-state index in [2.05, 4.69) is 46.4 Å². The SMILES string of the molecule is C=CC(=O)N1CC(/C=[N+]2\NC(C#Cc3cc4nc5n(c4cc3C)[C@H](C)CC5)=C(C(N)=O)C2=NC)C[C@@H]1COC. The number of nitrogens with two attached hydrogens (primary N) is 1. The van der Waals surface area contributed by atoms with Gasteiger partial charge >= 0.3 is 5.84 Å². The summed E-state index contributed by atoms with van der Waals surface area (Å²) in [5.41, 5.74) is 13.5. The fraction of sp³-hybridized carbons (Fsp3) is 0.414. The van der Waals surface area contributed by atoms with E-state index in [4.69, 9.17) is 15.5 Å². The van der Waals surface area contributed by atoms with Crippen LogP contribution < -0.4 is 11.2 Å². The summed E-state index contributed by atoms with van der Waals surface area (Å²) < 4.78 is 9.31. The molecule has 1 unspecified atom stereocenters. The minimum absolute atomic E-state index is 0.00496. The van der Waals surface area contributed by atoms with Gasteiger partial charge in [-0.05, 0) is 56.4 Å². The number of hydrazone groups is 1. The predicted octanol–water partition coefficient (Wildman–Crippen LogP) is 1.62. The number of likely N-dealkylation sites (tertiary alicyclic amines) is 1. The lowest BCUT2D eigenvalue weighted by Gasteiger charge is -2.22. The van der Waals surface area contributed by atoms with Gasteiger partial charge in [-0.3, -0.25) is 9.59 Å². The first kappa shape index (κ1) is 26.4. The summed E-state index contributed by atoms with van der Waals surface area (Å²) in [4.78, 5) is 35.8. The number of carbonyl (C=O) groups excluding carboxylic acids is 2. The summed E-state index contributed by atoms with van der Waals surface area (Å²) in [5.74, 6) is 7.07. The van der Waals surface area contributed by atoms with Crippen LogP contribution in [0.1, 0.15) is 42.8 Å². The summed E-state index contributed by atoms with van der Waals surface area (Å²) in [7, 11) is 3.22. The highest BCUT2D eigenvalue weighted by molar-refractivity contribution is 6.19. The second-order valence-electron chi connectivity index (χ2n) is 10.3. The van der Waals surface area contributed by atoms with Crippen LogP contribution in [-0.2, 0) is 20.7 Å². The van der Waals surface area contributed by atoms with Crippen LogP contribution in [0.3, 0.4) is 0 Å². The number of methoxy groups -OCH3 is 1. The zero-order valence-electron chi connectivity index (χ0n) is 22.8. The number of hydrogen-bond acceptors (Lipinski definition) is 6. The van der Waals surface area contributed by atoms with Crippen molar-refractivity contribution in [3.05, 3.63) is 53.0 Å². The average Bonchev–Trinajstić information content (AvgIpc) is 3.65. The quantitative estimate of drug-likeness (QED) is 0.348. The second kappa shape index (κ2) is 10.5. The molecular weight excluding hydrogens is 494 g/mol. The third-order valence-corrected chi connectivity index (χ3v) is 7.67. The highest BCUT2D eigenvalue weighted by Gasteiger charge is 2.39. The second-order valence-corrected chi connectivity index (χ2v) is 10.3. The molecule has 5 rings (SSSR count). The van der Waals surface area contributed by atoms with Gasteiger partial charge in [0.1, 0.15) is 24.8 Å². The number of ether oxygens (including phenoxy) is 1. The summed E-state index contributed by atoms with van der Waals surface area (Å²) in [5, 5.41) is 0. The molecule has 10 heteroatoms. The van der Waals surface area contributed by atoms with E-state index in [0.29, 0.717) is 37.1 Å². The Morgan fingerprint density at radius 1 is 1.38 bits per heavy atom. The highest BCUT2D eigenvalue weighted by Crippen LogP contribution is 2.31. The van der Waals surface area contributed by atoms with Crippen LogP contribution in [0, 0.1) is 24.7 Å². The van der Waals surface area contributed by atoms with E-state index in [0.717, 1.165) is 40.8 Å². The molecule has 1 aromatic heterocycles. The number of carbonyl (C=O) groups is 2. The highest BCUT2D eigenvalue weighted by atomic mass is 16.5. The molecule has 1 fully saturated rings. The van der Waals surface area contributed by atoms with Crippen LogP contribution in [0.4, 0.5) is 0 Å². The molecule has 39 heavy (non-hydrogen) atoms. The standard InChI is InChI=1S/C29H33N7O3/c1-6-26(37)34-14-19(12-21(34)16-39-5)15-35-29(31-4)27(28(30)38)22(33-35)9-8-20-13-23-24(11-17(20)2)36-18(3)7-10-25(36)32-23/h6,11,13,15,18-19,21H,1,7,10,12,14,16H2,2-5H3,(H2-,30,31,33,38)/p+1/b35-15-/t18-,19?,21-/m1/s1. The smallest absolute Gasteiger partial charge is 0.356 e. The molecule has 2 amide bonds. The fourth-order valence-electron chi connectivity index (χ4n) is 5.82. The molecule has 1 aromatic carbocycles. The van der Waals surface area contributed by atoms with Gasteiger partial charge in [0.2, 0.25) is 5.91 Å². The van der Waals surface area contributed by atoms with Gasteiger partial charge in [0.15, 0.2) is 5.57 Å². The van der Waals surface area contributed by atoms with E-state index in [1.807, 2.05) is 19.2 Å². The molecule has 3 aliphatic rings. The van der Waals surface area contributed by atoms with E-state index >= 15 is 0 Å². The molecule has 3 N–H and O–H groups in total. The van der Waals surface area contributed by atoms with E-state index in [-0.39, 0.29) is 23.4 Å². The zero-order chi connectivity index (χ0) is 27.8. The number of amides is 2. The number of amidine groups is 1.